The lowest BCUT2D eigenvalue weighted by Crippen LogP contribution is -2.09. The highest BCUT2D eigenvalue weighted by molar-refractivity contribution is 5.89. The molecule has 0 aliphatic heterocycles. The smallest absolute Gasteiger partial charge is 0.338 e. The van der Waals surface area contributed by atoms with Crippen molar-refractivity contribution in [2.24, 2.45) is 0 Å². The molecule has 3 rings (SSSR count). The average Bonchev–Trinajstić information content (AvgIpc) is 3.23. The summed E-state index contributed by atoms with van der Waals surface area (Å²) < 4.78 is 16.4. The first-order chi connectivity index (χ1) is 15.2. The summed E-state index contributed by atoms with van der Waals surface area (Å²) in [4.78, 5) is 23.3. The van der Waals surface area contributed by atoms with E-state index in [1.54, 1.807) is 32.0 Å². The summed E-state index contributed by atoms with van der Waals surface area (Å²) >= 11 is 0. The molecule has 0 bridgehead atoms. The molecule has 1 aromatic heterocycles. The zero-order valence-electron chi connectivity index (χ0n) is 18.3. The van der Waals surface area contributed by atoms with Gasteiger partial charge in [-0.3, -0.25) is 0 Å². The zero-order chi connectivity index (χ0) is 23.3. The molecule has 5 nitrogen and oxygen atoms in total. The van der Waals surface area contributed by atoms with Gasteiger partial charge in [-0.1, -0.05) is 31.4 Å². The van der Waals surface area contributed by atoms with Gasteiger partial charge in [-0.15, -0.1) is 0 Å². The molecule has 0 aliphatic rings. The van der Waals surface area contributed by atoms with Crippen LogP contribution in [0.5, 0.6) is 11.5 Å². The second-order valence-electron chi connectivity index (χ2n) is 7.42. The van der Waals surface area contributed by atoms with Crippen LogP contribution in [0, 0.1) is 6.92 Å². The number of carbonyl (C=O) groups excluding carboxylic acids is 2. The second kappa shape index (κ2) is 9.79. The summed E-state index contributed by atoms with van der Waals surface area (Å²) in [5.41, 5.74) is 3.32. The van der Waals surface area contributed by atoms with E-state index in [2.05, 4.69) is 13.2 Å². The van der Waals surface area contributed by atoms with E-state index in [1.165, 1.54) is 0 Å². The lowest BCUT2D eigenvalue weighted by atomic mass is 10.1. The maximum Gasteiger partial charge on any atom is 0.338 e. The highest BCUT2D eigenvalue weighted by Gasteiger charge is 2.11. The molecule has 0 spiro atoms. The van der Waals surface area contributed by atoms with Crippen molar-refractivity contribution in [3.63, 3.8) is 0 Å². The van der Waals surface area contributed by atoms with Crippen molar-refractivity contribution in [1.29, 1.82) is 0 Å². The van der Waals surface area contributed by atoms with Gasteiger partial charge in [-0.25, -0.2) is 9.59 Å². The number of furan rings is 1. The molecule has 0 fully saturated rings. The number of carbonyl (C=O) groups is 2. The molecule has 0 atom stereocenters. The summed E-state index contributed by atoms with van der Waals surface area (Å²) in [6.07, 6.45) is 3.76. The third-order valence-corrected chi connectivity index (χ3v) is 4.52. The first-order valence-corrected chi connectivity index (χ1v) is 9.97. The molecule has 5 heteroatoms. The maximum atomic E-state index is 11.7. The molecule has 0 saturated carbocycles. The number of aryl methyl sites for hydroxylation is 1. The molecule has 0 radical (unpaired) electrons. The first-order valence-electron chi connectivity index (χ1n) is 9.97. The van der Waals surface area contributed by atoms with Crippen LogP contribution in [0.2, 0.25) is 0 Å². The molecule has 0 saturated heterocycles. The van der Waals surface area contributed by atoms with Gasteiger partial charge in [0.1, 0.15) is 23.0 Å². The number of rotatable bonds is 7. The highest BCUT2D eigenvalue weighted by atomic mass is 16.5. The van der Waals surface area contributed by atoms with Gasteiger partial charge in [0.2, 0.25) is 0 Å². The summed E-state index contributed by atoms with van der Waals surface area (Å²) in [7, 11) is 0. The summed E-state index contributed by atoms with van der Waals surface area (Å²) in [6.45, 7) is 12.2. The average molecular weight is 428 g/mol. The normalized spacial score (nSPS) is 10.7. The quantitative estimate of drug-likeness (QED) is 0.248. The Kier molecular flexibility index (Phi) is 6.90. The summed E-state index contributed by atoms with van der Waals surface area (Å²) in [5.74, 6) is 1.44. The van der Waals surface area contributed by atoms with E-state index < -0.39 is 11.9 Å². The van der Waals surface area contributed by atoms with E-state index in [-0.39, 0.29) is 0 Å². The van der Waals surface area contributed by atoms with Crippen LogP contribution in [-0.2, 0) is 9.59 Å². The largest absolute Gasteiger partial charge is 0.457 e. The van der Waals surface area contributed by atoms with Gasteiger partial charge in [-0.05, 0) is 80.4 Å². The lowest BCUT2D eigenvalue weighted by molar-refractivity contribution is -0.131. The Hall–Kier alpha value is -4.12. The molecular weight excluding hydrogens is 404 g/mol. The molecule has 0 aliphatic carbocycles. The van der Waals surface area contributed by atoms with Gasteiger partial charge >= 0.3 is 11.9 Å². The molecule has 1 heterocycles. The van der Waals surface area contributed by atoms with Gasteiger partial charge in [0.25, 0.3) is 0 Å². The number of ether oxygens (including phenoxy) is 2. The van der Waals surface area contributed by atoms with E-state index in [9.17, 15) is 9.59 Å². The van der Waals surface area contributed by atoms with Gasteiger partial charge in [0.15, 0.2) is 0 Å². The third kappa shape index (κ3) is 5.73. The number of hydrogen-bond acceptors (Lipinski definition) is 5. The van der Waals surface area contributed by atoms with Gasteiger partial charge in [-0.2, -0.15) is 0 Å². The van der Waals surface area contributed by atoms with Crippen LogP contribution in [0.25, 0.3) is 23.5 Å². The van der Waals surface area contributed by atoms with Crippen molar-refractivity contribution >= 4 is 24.1 Å². The van der Waals surface area contributed by atoms with Crippen molar-refractivity contribution in [3.8, 4) is 22.8 Å². The van der Waals surface area contributed by atoms with Crippen molar-refractivity contribution in [3.05, 3.63) is 95.8 Å². The van der Waals surface area contributed by atoms with E-state index in [1.807, 2.05) is 55.5 Å². The van der Waals surface area contributed by atoms with E-state index in [4.69, 9.17) is 13.9 Å². The predicted octanol–water partition coefficient (Wildman–Crippen LogP) is 6.39. The zero-order valence-corrected chi connectivity index (χ0v) is 18.3. The highest BCUT2D eigenvalue weighted by Crippen LogP contribution is 2.28. The minimum Gasteiger partial charge on any atom is -0.457 e. The number of benzene rings is 2. The molecule has 3 aromatic rings. The number of hydrogen-bond donors (Lipinski definition) is 0. The molecule has 2 aromatic carbocycles. The van der Waals surface area contributed by atoms with Gasteiger partial charge in [0.05, 0.1) is 0 Å². The van der Waals surface area contributed by atoms with Crippen LogP contribution < -0.4 is 9.47 Å². The minimum atomic E-state index is -0.451. The third-order valence-electron chi connectivity index (χ3n) is 4.52. The topological polar surface area (TPSA) is 65.7 Å². The fourth-order valence-corrected chi connectivity index (χ4v) is 2.72. The Bertz CT molecular complexity index is 1210. The van der Waals surface area contributed by atoms with Gasteiger partial charge in [0, 0.05) is 16.7 Å². The standard InChI is InChI=1S/C27H24O5/c1-17(2)26(28)31-23-11-7-20(8-12-23)6-10-22-13-15-25(30-22)21-9-14-24(19(5)16-21)32-27(29)18(3)4/h6-16H,1,3H2,2,4-5H3. The first kappa shape index (κ1) is 22.6. The van der Waals surface area contributed by atoms with Crippen LogP contribution in [0.3, 0.4) is 0 Å². The van der Waals surface area contributed by atoms with E-state index in [0.717, 1.165) is 16.7 Å². The molecule has 0 N–H and O–H groups in total. The maximum absolute atomic E-state index is 11.7. The predicted molar refractivity (Wildman–Crippen MR) is 125 cm³/mol. The Morgan fingerprint density at radius 2 is 1.50 bits per heavy atom. The Labute approximate surface area is 187 Å². The Morgan fingerprint density at radius 3 is 2.12 bits per heavy atom. The lowest BCUT2D eigenvalue weighted by Gasteiger charge is -2.08. The van der Waals surface area contributed by atoms with Gasteiger partial charge < -0.3 is 13.9 Å². The Morgan fingerprint density at radius 1 is 0.844 bits per heavy atom. The van der Waals surface area contributed by atoms with Crippen molar-refractivity contribution in [2.75, 3.05) is 0 Å². The SMILES string of the molecule is C=C(C)C(=O)Oc1ccc(C=Cc2ccc(-c3ccc(OC(=O)C(=C)C)c(C)c3)o2)cc1. The van der Waals surface area contributed by atoms with Crippen LogP contribution in [-0.4, -0.2) is 11.9 Å². The van der Waals surface area contributed by atoms with Crippen LogP contribution in [0.15, 0.2) is 83.3 Å². The van der Waals surface area contributed by atoms with Crippen LogP contribution >= 0.6 is 0 Å². The fraction of sp³-hybridized carbons (Fsp3) is 0.111. The van der Waals surface area contributed by atoms with Crippen molar-refractivity contribution in [1.82, 2.24) is 0 Å². The number of esters is 2. The summed E-state index contributed by atoms with van der Waals surface area (Å²) in [6, 6.07) is 16.4. The second-order valence-corrected chi connectivity index (χ2v) is 7.42. The molecule has 0 amide bonds. The molecular formula is C27H24O5. The van der Waals surface area contributed by atoms with E-state index in [0.29, 0.717) is 34.2 Å². The molecule has 0 unspecified atom stereocenters. The van der Waals surface area contributed by atoms with Crippen molar-refractivity contribution < 1.29 is 23.5 Å². The minimum absolute atomic E-state index is 0.346. The molecule has 162 valence electrons. The molecule has 32 heavy (non-hydrogen) atoms. The summed E-state index contributed by atoms with van der Waals surface area (Å²) in [5, 5.41) is 0. The van der Waals surface area contributed by atoms with Crippen molar-refractivity contribution in [2.45, 2.75) is 20.8 Å². The monoisotopic (exact) mass is 428 g/mol. The van der Waals surface area contributed by atoms with E-state index >= 15 is 0 Å². The van der Waals surface area contributed by atoms with Crippen LogP contribution in [0.4, 0.5) is 0 Å². The van der Waals surface area contributed by atoms with Crippen LogP contribution in [0.1, 0.15) is 30.7 Å². The Balaban J connectivity index is 1.68. The fourth-order valence-electron chi connectivity index (χ4n) is 2.72.